The van der Waals surface area contributed by atoms with Crippen LogP contribution < -0.4 is 15.4 Å². The SMILES string of the molecule is CC(C)NCCNC(=O)c1ccc(OC(F)(F)F)cc1. The first-order chi connectivity index (χ1) is 9.28. The molecule has 0 aliphatic carbocycles. The van der Waals surface area contributed by atoms with Gasteiger partial charge in [-0.05, 0) is 24.3 Å². The van der Waals surface area contributed by atoms with Gasteiger partial charge in [0.15, 0.2) is 0 Å². The average Bonchev–Trinajstić information content (AvgIpc) is 2.33. The zero-order valence-electron chi connectivity index (χ0n) is 11.3. The van der Waals surface area contributed by atoms with Crippen LogP contribution in [0.4, 0.5) is 13.2 Å². The van der Waals surface area contributed by atoms with Crippen LogP contribution in [0.15, 0.2) is 24.3 Å². The molecule has 0 fully saturated rings. The van der Waals surface area contributed by atoms with Gasteiger partial charge in [0.05, 0.1) is 0 Å². The van der Waals surface area contributed by atoms with Gasteiger partial charge < -0.3 is 15.4 Å². The van der Waals surface area contributed by atoms with Crippen LogP contribution >= 0.6 is 0 Å². The van der Waals surface area contributed by atoms with Gasteiger partial charge in [0.1, 0.15) is 5.75 Å². The quantitative estimate of drug-likeness (QED) is 0.791. The monoisotopic (exact) mass is 290 g/mol. The van der Waals surface area contributed by atoms with Crippen molar-refractivity contribution in [3.63, 3.8) is 0 Å². The molecular weight excluding hydrogens is 273 g/mol. The van der Waals surface area contributed by atoms with Gasteiger partial charge in [-0.25, -0.2) is 0 Å². The number of rotatable bonds is 6. The molecule has 0 unspecified atom stereocenters. The minimum absolute atomic E-state index is 0.282. The molecule has 1 amide bonds. The number of ether oxygens (including phenoxy) is 1. The van der Waals surface area contributed by atoms with Crippen molar-refractivity contribution in [1.29, 1.82) is 0 Å². The molecule has 4 nitrogen and oxygen atoms in total. The third kappa shape index (κ3) is 6.42. The molecule has 0 heterocycles. The lowest BCUT2D eigenvalue weighted by Crippen LogP contribution is -2.34. The van der Waals surface area contributed by atoms with E-state index in [1.54, 1.807) is 0 Å². The van der Waals surface area contributed by atoms with Crippen LogP contribution in [0.25, 0.3) is 0 Å². The van der Waals surface area contributed by atoms with Crippen molar-refractivity contribution in [2.75, 3.05) is 13.1 Å². The van der Waals surface area contributed by atoms with Gasteiger partial charge in [-0.3, -0.25) is 4.79 Å². The molecule has 0 saturated carbocycles. The lowest BCUT2D eigenvalue weighted by atomic mass is 10.2. The highest BCUT2D eigenvalue weighted by Gasteiger charge is 2.31. The predicted octanol–water partition coefficient (Wildman–Crippen LogP) is 2.31. The van der Waals surface area contributed by atoms with Gasteiger partial charge in [-0.15, -0.1) is 13.2 Å². The van der Waals surface area contributed by atoms with E-state index < -0.39 is 6.36 Å². The highest BCUT2D eigenvalue weighted by atomic mass is 19.4. The van der Waals surface area contributed by atoms with Crippen LogP contribution in [0.5, 0.6) is 5.75 Å². The minimum Gasteiger partial charge on any atom is -0.406 e. The number of alkyl halides is 3. The van der Waals surface area contributed by atoms with E-state index >= 15 is 0 Å². The van der Waals surface area contributed by atoms with Crippen LogP contribution in [0, 0.1) is 0 Å². The van der Waals surface area contributed by atoms with E-state index in [1.165, 1.54) is 12.1 Å². The first kappa shape index (κ1) is 16.3. The smallest absolute Gasteiger partial charge is 0.406 e. The van der Waals surface area contributed by atoms with E-state index in [0.29, 0.717) is 19.1 Å². The first-order valence-electron chi connectivity index (χ1n) is 6.15. The fourth-order valence-electron chi connectivity index (χ4n) is 1.45. The summed E-state index contributed by atoms with van der Waals surface area (Å²) < 4.78 is 39.6. The minimum atomic E-state index is -4.73. The summed E-state index contributed by atoms with van der Waals surface area (Å²) in [7, 11) is 0. The van der Waals surface area contributed by atoms with Gasteiger partial charge >= 0.3 is 6.36 Å². The number of halogens is 3. The topological polar surface area (TPSA) is 50.4 Å². The summed E-state index contributed by atoms with van der Waals surface area (Å²) in [6.45, 7) is 5.04. The molecule has 0 bridgehead atoms. The fraction of sp³-hybridized carbons (Fsp3) is 0.462. The molecule has 0 aromatic heterocycles. The number of hydrogen-bond acceptors (Lipinski definition) is 3. The second-order valence-corrected chi connectivity index (χ2v) is 4.44. The second-order valence-electron chi connectivity index (χ2n) is 4.44. The summed E-state index contributed by atoms with van der Waals surface area (Å²) in [6, 6.07) is 5.10. The van der Waals surface area contributed by atoms with E-state index in [-0.39, 0.29) is 17.2 Å². The summed E-state index contributed by atoms with van der Waals surface area (Å²) in [5, 5.41) is 5.78. The number of amides is 1. The highest BCUT2D eigenvalue weighted by molar-refractivity contribution is 5.94. The Morgan fingerprint density at radius 3 is 2.30 bits per heavy atom. The largest absolute Gasteiger partial charge is 0.573 e. The third-order valence-electron chi connectivity index (χ3n) is 2.31. The number of carbonyl (C=O) groups excluding carboxylic acids is 1. The van der Waals surface area contributed by atoms with Gasteiger partial charge in [-0.1, -0.05) is 13.8 Å². The third-order valence-corrected chi connectivity index (χ3v) is 2.31. The standard InChI is InChI=1S/C13H17F3N2O2/c1-9(2)17-7-8-18-12(19)10-3-5-11(6-4-10)20-13(14,15)16/h3-6,9,17H,7-8H2,1-2H3,(H,18,19). The van der Waals surface area contributed by atoms with E-state index in [4.69, 9.17) is 0 Å². The molecule has 0 aliphatic rings. The molecule has 1 aromatic rings. The molecule has 0 radical (unpaired) electrons. The summed E-state index contributed by atoms with van der Waals surface area (Å²) in [4.78, 5) is 11.7. The van der Waals surface area contributed by atoms with Crippen LogP contribution in [0.2, 0.25) is 0 Å². The number of benzene rings is 1. The Morgan fingerprint density at radius 1 is 1.20 bits per heavy atom. The van der Waals surface area contributed by atoms with Crippen LogP contribution in [0.3, 0.4) is 0 Å². The maximum Gasteiger partial charge on any atom is 0.573 e. The number of hydrogen-bond donors (Lipinski definition) is 2. The second kappa shape index (κ2) is 7.14. The summed E-state index contributed by atoms with van der Waals surface area (Å²) in [5.74, 6) is -0.690. The maximum absolute atomic E-state index is 12.0. The molecule has 1 rings (SSSR count). The van der Waals surface area contributed by atoms with Crippen molar-refractivity contribution in [3.05, 3.63) is 29.8 Å². The zero-order valence-corrected chi connectivity index (χ0v) is 11.3. The van der Waals surface area contributed by atoms with E-state index in [9.17, 15) is 18.0 Å². The van der Waals surface area contributed by atoms with Gasteiger partial charge in [0.2, 0.25) is 0 Å². The Labute approximate surface area is 115 Å². The van der Waals surface area contributed by atoms with E-state index in [2.05, 4.69) is 15.4 Å². The Morgan fingerprint density at radius 2 is 1.80 bits per heavy atom. The van der Waals surface area contributed by atoms with Crippen LogP contribution in [0.1, 0.15) is 24.2 Å². The average molecular weight is 290 g/mol. The lowest BCUT2D eigenvalue weighted by molar-refractivity contribution is -0.274. The van der Waals surface area contributed by atoms with Crippen molar-refractivity contribution in [2.24, 2.45) is 0 Å². The molecular formula is C13H17F3N2O2. The lowest BCUT2D eigenvalue weighted by Gasteiger charge is -2.10. The molecule has 2 N–H and O–H groups in total. The normalized spacial score (nSPS) is 11.5. The van der Waals surface area contributed by atoms with Crippen LogP contribution in [-0.2, 0) is 0 Å². The molecule has 0 aliphatic heterocycles. The first-order valence-corrected chi connectivity index (χ1v) is 6.15. The Hall–Kier alpha value is -1.76. The summed E-state index contributed by atoms with van der Waals surface area (Å²) >= 11 is 0. The van der Waals surface area contributed by atoms with Crippen molar-refractivity contribution < 1.29 is 22.7 Å². The van der Waals surface area contributed by atoms with Gasteiger partial charge in [-0.2, -0.15) is 0 Å². The predicted molar refractivity (Wildman–Crippen MR) is 68.6 cm³/mol. The molecule has 7 heteroatoms. The zero-order chi connectivity index (χ0) is 15.2. The molecule has 20 heavy (non-hydrogen) atoms. The Bertz CT molecular complexity index is 430. The number of nitrogens with one attached hydrogen (secondary N) is 2. The van der Waals surface area contributed by atoms with Gasteiger partial charge in [0.25, 0.3) is 5.91 Å². The Kier molecular flexibility index (Phi) is 5.82. The molecule has 112 valence electrons. The van der Waals surface area contributed by atoms with Crippen molar-refractivity contribution >= 4 is 5.91 Å². The van der Waals surface area contributed by atoms with Crippen molar-refractivity contribution in [3.8, 4) is 5.75 Å². The van der Waals surface area contributed by atoms with Gasteiger partial charge in [0, 0.05) is 24.7 Å². The van der Waals surface area contributed by atoms with E-state index in [1.807, 2.05) is 13.8 Å². The molecule has 0 saturated heterocycles. The fourth-order valence-corrected chi connectivity index (χ4v) is 1.45. The summed E-state index contributed by atoms with van der Waals surface area (Å²) in [6.07, 6.45) is -4.73. The maximum atomic E-state index is 12.0. The van der Waals surface area contributed by atoms with Crippen molar-refractivity contribution in [2.45, 2.75) is 26.3 Å². The Balaban J connectivity index is 2.45. The molecule has 0 spiro atoms. The molecule has 0 atom stereocenters. The molecule has 1 aromatic carbocycles. The van der Waals surface area contributed by atoms with Crippen molar-refractivity contribution in [1.82, 2.24) is 10.6 Å². The highest BCUT2D eigenvalue weighted by Crippen LogP contribution is 2.22. The van der Waals surface area contributed by atoms with Crippen LogP contribution in [-0.4, -0.2) is 31.4 Å². The van der Waals surface area contributed by atoms with E-state index in [0.717, 1.165) is 12.1 Å². The number of carbonyl (C=O) groups is 1. The summed E-state index contributed by atoms with van der Waals surface area (Å²) in [5.41, 5.74) is 0.282.